The summed E-state index contributed by atoms with van der Waals surface area (Å²) in [6.45, 7) is 3.71. The van der Waals surface area contributed by atoms with Crippen LogP contribution in [0.4, 0.5) is 5.82 Å². The maximum absolute atomic E-state index is 12.2. The second-order valence-electron chi connectivity index (χ2n) is 4.71. The standard InChI is InChI=1S/C16H10Br2N2O2/c1-2-8-3-10-11(16(22)20-15(10)19-7-8)4-9-5-12(17)14(21)13(18)6-9/h2-7,21H,1H2,(H,19,20,22)/b11-4+. The molecule has 4 nitrogen and oxygen atoms in total. The highest BCUT2D eigenvalue weighted by Gasteiger charge is 2.25. The summed E-state index contributed by atoms with van der Waals surface area (Å²) >= 11 is 6.56. The topological polar surface area (TPSA) is 62.2 Å². The molecule has 1 amide bonds. The third-order valence-electron chi connectivity index (χ3n) is 3.26. The van der Waals surface area contributed by atoms with Gasteiger partial charge in [-0.25, -0.2) is 4.98 Å². The number of pyridine rings is 1. The zero-order chi connectivity index (χ0) is 15.9. The number of amides is 1. The van der Waals surface area contributed by atoms with Gasteiger partial charge in [0.15, 0.2) is 0 Å². The van der Waals surface area contributed by atoms with E-state index in [2.05, 4.69) is 48.7 Å². The van der Waals surface area contributed by atoms with Gasteiger partial charge in [-0.05, 0) is 67.3 Å². The minimum Gasteiger partial charge on any atom is -0.506 e. The van der Waals surface area contributed by atoms with Crippen LogP contribution in [0.1, 0.15) is 16.7 Å². The third kappa shape index (κ3) is 2.60. The zero-order valence-electron chi connectivity index (χ0n) is 11.2. The van der Waals surface area contributed by atoms with E-state index in [-0.39, 0.29) is 11.7 Å². The van der Waals surface area contributed by atoms with Gasteiger partial charge in [0, 0.05) is 11.8 Å². The van der Waals surface area contributed by atoms with E-state index in [1.54, 1.807) is 30.5 Å². The Hall–Kier alpha value is -1.92. The van der Waals surface area contributed by atoms with E-state index in [0.29, 0.717) is 20.3 Å². The van der Waals surface area contributed by atoms with Gasteiger partial charge in [-0.2, -0.15) is 0 Å². The van der Waals surface area contributed by atoms with Gasteiger partial charge < -0.3 is 10.4 Å². The van der Waals surface area contributed by atoms with Gasteiger partial charge in [0.1, 0.15) is 11.6 Å². The van der Waals surface area contributed by atoms with E-state index in [0.717, 1.165) is 16.7 Å². The van der Waals surface area contributed by atoms with Crippen LogP contribution in [0.5, 0.6) is 5.75 Å². The molecule has 3 rings (SSSR count). The lowest BCUT2D eigenvalue weighted by Crippen LogP contribution is -2.04. The number of carbonyl (C=O) groups excluding carboxylic acids is 1. The molecular formula is C16H10Br2N2O2. The second kappa shape index (κ2) is 5.70. The first-order valence-corrected chi connectivity index (χ1v) is 7.92. The number of aromatic hydroxyl groups is 1. The molecule has 110 valence electrons. The van der Waals surface area contributed by atoms with E-state index < -0.39 is 0 Å². The van der Waals surface area contributed by atoms with Crippen LogP contribution in [0.15, 0.2) is 39.9 Å². The highest BCUT2D eigenvalue weighted by atomic mass is 79.9. The number of fused-ring (bicyclic) bond motifs is 1. The van der Waals surface area contributed by atoms with Crippen molar-refractivity contribution in [1.82, 2.24) is 4.98 Å². The molecule has 0 saturated carbocycles. The molecule has 2 N–H and O–H groups in total. The van der Waals surface area contributed by atoms with Crippen LogP contribution in [-0.4, -0.2) is 16.0 Å². The predicted octanol–water partition coefficient (Wildman–Crippen LogP) is 4.45. The molecule has 0 unspecified atom stereocenters. The molecule has 0 bridgehead atoms. The fraction of sp³-hybridized carbons (Fsp3) is 0. The van der Waals surface area contributed by atoms with Crippen molar-refractivity contribution in [3.8, 4) is 5.75 Å². The lowest BCUT2D eigenvalue weighted by atomic mass is 10.0. The summed E-state index contributed by atoms with van der Waals surface area (Å²) in [6.07, 6.45) is 5.09. The van der Waals surface area contributed by atoms with Gasteiger partial charge in [0.2, 0.25) is 0 Å². The van der Waals surface area contributed by atoms with Crippen molar-refractivity contribution in [3.05, 3.63) is 56.6 Å². The molecule has 0 aliphatic carbocycles. The normalized spacial score (nSPS) is 14.8. The van der Waals surface area contributed by atoms with Crippen LogP contribution in [0, 0.1) is 0 Å². The van der Waals surface area contributed by atoms with Gasteiger partial charge >= 0.3 is 0 Å². The highest BCUT2D eigenvalue weighted by molar-refractivity contribution is 9.11. The summed E-state index contributed by atoms with van der Waals surface area (Å²) < 4.78 is 1.09. The number of rotatable bonds is 2. The summed E-state index contributed by atoms with van der Waals surface area (Å²) in [5, 5.41) is 12.5. The Morgan fingerprint density at radius 3 is 2.50 bits per heavy atom. The molecule has 0 saturated heterocycles. The summed E-state index contributed by atoms with van der Waals surface area (Å²) in [5.41, 5.74) is 2.88. The van der Waals surface area contributed by atoms with Crippen LogP contribution in [-0.2, 0) is 4.79 Å². The number of phenols is 1. The molecule has 6 heteroatoms. The number of halogens is 2. The number of hydrogen-bond donors (Lipinski definition) is 2. The molecule has 1 aromatic carbocycles. The van der Waals surface area contributed by atoms with Gasteiger partial charge in [-0.3, -0.25) is 4.79 Å². The quantitative estimate of drug-likeness (QED) is 0.704. The van der Waals surface area contributed by atoms with E-state index in [9.17, 15) is 9.90 Å². The summed E-state index contributed by atoms with van der Waals surface area (Å²) in [5.74, 6) is 0.455. The Morgan fingerprint density at radius 1 is 1.18 bits per heavy atom. The summed E-state index contributed by atoms with van der Waals surface area (Å²) in [7, 11) is 0. The lowest BCUT2D eigenvalue weighted by molar-refractivity contribution is -0.110. The van der Waals surface area contributed by atoms with Gasteiger partial charge in [-0.1, -0.05) is 12.7 Å². The number of anilines is 1. The van der Waals surface area contributed by atoms with Gasteiger partial charge in [0.05, 0.1) is 14.5 Å². The van der Waals surface area contributed by atoms with Crippen molar-refractivity contribution in [2.24, 2.45) is 0 Å². The minimum atomic E-state index is -0.205. The number of hydrogen-bond acceptors (Lipinski definition) is 3. The van der Waals surface area contributed by atoms with Crippen molar-refractivity contribution in [2.45, 2.75) is 0 Å². The third-order valence-corrected chi connectivity index (χ3v) is 4.47. The van der Waals surface area contributed by atoms with Crippen LogP contribution in [0.25, 0.3) is 17.7 Å². The lowest BCUT2D eigenvalue weighted by Gasteiger charge is -2.04. The second-order valence-corrected chi connectivity index (χ2v) is 6.42. The van der Waals surface area contributed by atoms with E-state index in [1.807, 2.05) is 6.07 Å². The Bertz CT molecular complexity index is 821. The Balaban J connectivity index is 2.13. The van der Waals surface area contributed by atoms with E-state index in [1.165, 1.54) is 0 Å². The molecule has 1 aromatic heterocycles. The molecule has 1 aliphatic rings. The van der Waals surface area contributed by atoms with Crippen LogP contribution in [0.2, 0.25) is 0 Å². The average Bonchev–Trinajstić information content (AvgIpc) is 2.80. The Morgan fingerprint density at radius 2 is 1.86 bits per heavy atom. The first-order chi connectivity index (χ1) is 10.5. The van der Waals surface area contributed by atoms with Crippen LogP contribution >= 0.6 is 31.9 Å². The molecule has 2 heterocycles. The minimum absolute atomic E-state index is 0.119. The zero-order valence-corrected chi connectivity index (χ0v) is 14.4. The predicted molar refractivity (Wildman–Crippen MR) is 94.3 cm³/mol. The molecule has 0 spiro atoms. The van der Waals surface area contributed by atoms with E-state index >= 15 is 0 Å². The Kier molecular flexibility index (Phi) is 3.88. The van der Waals surface area contributed by atoms with Gasteiger partial charge in [0.25, 0.3) is 5.91 Å². The van der Waals surface area contributed by atoms with Crippen molar-refractivity contribution in [1.29, 1.82) is 0 Å². The number of phenolic OH excluding ortho intramolecular Hbond substituents is 1. The average molecular weight is 422 g/mol. The first kappa shape index (κ1) is 15.0. The molecule has 2 aromatic rings. The number of nitrogens with one attached hydrogen (secondary N) is 1. The monoisotopic (exact) mass is 420 g/mol. The fourth-order valence-corrected chi connectivity index (χ4v) is 3.39. The summed E-state index contributed by atoms with van der Waals surface area (Å²) in [4.78, 5) is 16.4. The molecular weight excluding hydrogens is 412 g/mol. The molecule has 0 radical (unpaired) electrons. The largest absolute Gasteiger partial charge is 0.506 e. The van der Waals surface area contributed by atoms with Crippen molar-refractivity contribution >= 4 is 61.3 Å². The molecule has 0 atom stereocenters. The van der Waals surface area contributed by atoms with Crippen molar-refractivity contribution in [3.63, 3.8) is 0 Å². The molecule has 22 heavy (non-hydrogen) atoms. The van der Waals surface area contributed by atoms with Crippen LogP contribution < -0.4 is 5.32 Å². The molecule has 0 fully saturated rings. The maximum atomic E-state index is 12.2. The smallest absolute Gasteiger partial charge is 0.257 e. The number of aromatic nitrogens is 1. The number of nitrogens with zero attached hydrogens (tertiary/aromatic N) is 1. The number of benzene rings is 1. The van der Waals surface area contributed by atoms with Crippen LogP contribution in [0.3, 0.4) is 0 Å². The van der Waals surface area contributed by atoms with Crippen molar-refractivity contribution in [2.75, 3.05) is 5.32 Å². The van der Waals surface area contributed by atoms with Crippen molar-refractivity contribution < 1.29 is 9.90 Å². The summed E-state index contributed by atoms with van der Waals surface area (Å²) in [6, 6.07) is 5.34. The fourth-order valence-electron chi connectivity index (χ4n) is 2.17. The molecule has 1 aliphatic heterocycles. The van der Waals surface area contributed by atoms with E-state index in [4.69, 9.17) is 0 Å². The number of carbonyl (C=O) groups is 1. The Labute approximate surface area is 143 Å². The van der Waals surface area contributed by atoms with Gasteiger partial charge in [-0.15, -0.1) is 0 Å². The first-order valence-electron chi connectivity index (χ1n) is 6.33. The highest BCUT2D eigenvalue weighted by Crippen LogP contribution is 2.36. The maximum Gasteiger partial charge on any atom is 0.257 e. The SMILES string of the molecule is C=Cc1cnc2c(c1)/C(=C\c1cc(Br)c(O)c(Br)c1)C(=O)N2.